The summed E-state index contributed by atoms with van der Waals surface area (Å²) in [6, 6.07) is 8.54. The zero-order valence-corrected chi connectivity index (χ0v) is 16.0. The highest BCUT2D eigenvalue weighted by Gasteiger charge is 2.31. The van der Waals surface area contributed by atoms with Crippen LogP contribution in [0, 0.1) is 18.6 Å². The summed E-state index contributed by atoms with van der Waals surface area (Å²) in [5, 5.41) is 11.4. The van der Waals surface area contributed by atoms with E-state index in [1.165, 1.54) is 17.7 Å². The van der Waals surface area contributed by atoms with Crippen LogP contribution in [0.25, 0.3) is 10.9 Å². The van der Waals surface area contributed by atoms with Crippen molar-refractivity contribution < 1.29 is 23.5 Å². The number of fused-ring (bicyclic) bond motifs is 1. The van der Waals surface area contributed by atoms with Crippen molar-refractivity contribution in [3.8, 4) is 0 Å². The van der Waals surface area contributed by atoms with E-state index in [1.807, 2.05) is 0 Å². The van der Waals surface area contributed by atoms with Crippen LogP contribution in [0.1, 0.15) is 40.4 Å². The van der Waals surface area contributed by atoms with Crippen molar-refractivity contribution in [3.05, 3.63) is 75.1 Å². The summed E-state index contributed by atoms with van der Waals surface area (Å²) in [7, 11) is 0. The molecule has 0 radical (unpaired) electrons. The smallest absolute Gasteiger partial charge is 0.341 e. The fraction of sp³-hybridized carbons (Fsp3) is 0.227. The Bertz CT molecular complexity index is 1250. The van der Waals surface area contributed by atoms with Crippen molar-refractivity contribution >= 4 is 28.5 Å². The van der Waals surface area contributed by atoms with Crippen LogP contribution in [0.5, 0.6) is 0 Å². The number of halogens is 2. The van der Waals surface area contributed by atoms with Gasteiger partial charge in [0.25, 0.3) is 0 Å². The fourth-order valence-corrected chi connectivity index (χ4v) is 3.61. The maximum absolute atomic E-state index is 14.9. The molecule has 1 aromatic heterocycles. The molecular formula is C22H18F2N2O4. The summed E-state index contributed by atoms with van der Waals surface area (Å²) in [4.78, 5) is 37.0. The molecule has 1 amide bonds. The lowest BCUT2D eigenvalue weighted by molar-refractivity contribution is -0.115. The number of pyridine rings is 1. The molecule has 30 heavy (non-hydrogen) atoms. The maximum atomic E-state index is 14.9. The minimum absolute atomic E-state index is 0.0985. The SMILES string of the molecule is Cc1c(F)c(F)c(NC(=O)Cc2ccccc2)c2c(=O)c(C(=O)O)cn(C3CC3)c12. The molecule has 0 atom stereocenters. The Morgan fingerprint density at radius 1 is 1.17 bits per heavy atom. The molecule has 4 rings (SSSR count). The average molecular weight is 412 g/mol. The number of carbonyl (C=O) groups is 2. The third kappa shape index (κ3) is 3.34. The summed E-state index contributed by atoms with van der Waals surface area (Å²) < 4.78 is 31.1. The Morgan fingerprint density at radius 3 is 2.43 bits per heavy atom. The number of aryl methyl sites for hydroxylation is 1. The van der Waals surface area contributed by atoms with Crippen molar-refractivity contribution in [1.29, 1.82) is 0 Å². The molecule has 0 bridgehead atoms. The monoisotopic (exact) mass is 412 g/mol. The van der Waals surface area contributed by atoms with E-state index >= 15 is 0 Å². The van der Waals surface area contributed by atoms with Crippen LogP contribution in [-0.2, 0) is 11.2 Å². The van der Waals surface area contributed by atoms with Crippen molar-refractivity contribution in [2.45, 2.75) is 32.2 Å². The van der Waals surface area contributed by atoms with Crippen LogP contribution in [0.2, 0.25) is 0 Å². The second kappa shape index (κ2) is 7.37. The molecule has 8 heteroatoms. The summed E-state index contributed by atoms with van der Waals surface area (Å²) in [6.45, 7) is 1.33. The molecule has 1 saturated carbocycles. The number of hydrogen-bond donors (Lipinski definition) is 2. The molecule has 3 aromatic rings. The van der Waals surface area contributed by atoms with E-state index in [0.717, 1.165) is 12.8 Å². The number of carboxylic acids is 1. The third-order valence-corrected chi connectivity index (χ3v) is 5.22. The van der Waals surface area contributed by atoms with Crippen LogP contribution < -0.4 is 10.7 Å². The molecule has 0 saturated heterocycles. The van der Waals surface area contributed by atoms with Gasteiger partial charge >= 0.3 is 5.97 Å². The van der Waals surface area contributed by atoms with Crippen molar-refractivity contribution in [2.24, 2.45) is 0 Å². The lowest BCUT2D eigenvalue weighted by Crippen LogP contribution is -2.24. The lowest BCUT2D eigenvalue weighted by Gasteiger charge is -2.18. The minimum atomic E-state index is -1.47. The molecule has 2 N–H and O–H groups in total. The fourth-order valence-electron chi connectivity index (χ4n) is 3.61. The number of rotatable bonds is 5. The summed E-state index contributed by atoms with van der Waals surface area (Å²) >= 11 is 0. The Kier molecular flexibility index (Phi) is 4.85. The number of aromatic carboxylic acids is 1. The van der Waals surface area contributed by atoms with Crippen molar-refractivity contribution in [1.82, 2.24) is 4.57 Å². The molecule has 1 heterocycles. The number of nitrogens with zero attached hydrogens (tertiary/aromatic N) is 1. The highest BCUT2D eigenvalue weighted by molar-refractivity contribution is 6.05. The van der Waals surface area contributed by atoms with Gasteiger partial charge in [-0.1, -0.05) is 30.3 Å². The van der Waals surface area contributed by atoms with Gasteiger partial charge in [-0.15, -0.1) is 0 Å². The maximum Gasteiger partial charge on any atom is 0.341 e. The second-order valence-corrected chi connectivity index (χ2v) is 7.38. The quantitative estimate of drug-likeness (QED) is 0.667. The van der Waals surface area contributed by atoms with Crippen LogP contribution in [0.4, 0.5) is 14.5 Å². The van der Waals surface area contributed by atoms with Gasteiger partial charge < -0.3 is 15.0 Å². The van der Waals surface area contributed by atoms with Crippen molar-refractivity contribution in [2.75, 3.05) is 5.32 Å². The van der Waals surface area contributed by atoms with Gasteiger partial charge in [-0.25, -0.2) is 13.6 Å². The topological polar surface area (TPSA) is 88.4 Å². The number of benzene rings is 2. The van der Waals surface area contributed by atoms with Gasteiger partial charge in [-0.2, -0.15) is 0 Å². The predicted molar refractivity (Wildman–Crippen MR) is 107 cm³/mol. The Morgan fingerprint density at radius 2 is 1.83 bits per heavy atom. The third-order valence-electron chi connectivity index (χ3n) is 5.22. The molecule has 1 aliphatic rings. The van der Waals surface area contributed by atoms with Crippen molar-refractivity contribution in [3.63, 3.8) is 0 Å². The first-order chi connectivity index (χ1) is 14.3. The number of carbonyl (C=O) groups excluding carboxylic acids is 1. The van der Waals surface area contributed by atoms with Gasteiger partial charge in [0.15, 0.2) is 11.6 Å². The number of amides is 1. The molecule has 6 nitrogen and oxygen atoms in total. The summed E-state index contributed by atoms with van der Waals surface area (Å²) in [5.74, 6) is -4.69. The lowest BCUT2D eigenvalue weighted by atomic mass is 10.0. The number of aromatic nitrogens is 1. The van der Waals surface area contributed by atoms with E-state index in [-0.39, 0.29) is 28.9 Å². The average Bonchev–Trinajstić information content (AvgIpc) is 3.55. The van der Waals surface area contributed by atoms with Crippen LogP contribution in [-0.4, -0.2) is 21.6 Å². The van der Waals surface area contributed by atoms with E-state index in [9.17, 15) is 28.3 Å². The summed E-state index contributed by atoms with van der Waals surface area (Å²) in [5.41, 5.74) is -1.51. The standard InChI is InChI=1S/C22H18F2N2O4/c1-11-17(23)18(24)19(25-15(27)9-12-5-3-2-4-6-12)16-20(11)26(13-7-8-13)10-14(21(16)28)22(29)30/h2-6,10,13H,7-9H2,1H3,(H,25,27)(H,29,30). The minimum Gasteiger partial charge on any atom is -0.477 e. The Balaban J connectivity index is 1.93. The van der Waals surface area contributed by atoms with Gasteiger partial charge in [0, 0.05) is 17.8 Å². The zero-order chi connectivity index (χ0) is 21.6. The number of anilines is 1. The van der Waals surface area contributed by atoms with E-state index in [2.05, 4.69) is 5.32 Å². The van der Waals surface area contributed by atoms with E-state index < -0.39 is 40.2 Å². The molecule has 2 aromatic carbocycles. The van der Waals surface area contributed by atoms with E-state index in [0.29, 0.717) is 5.56 Å². The van der Waals surface area contributed by atoms with Gasteiger partial charge in [0.2, 0.25) is 11.3 Å². The first-order valence-corrected chi connectivity index (χ1v) is 9.43. The molecule has 0 aliphatic heterocycles. The van der Waals surface area contributed by atoms with Gasteiger partial charge in [-0.3, -0.25) is 9.59 Å². The highest BCUT2D eigenvalue weighted by atomic mass is 19.2. The molecule has 1 fully saturated rings. The zero-order valence-electron chi connectivity index (χ0n) is 16.0. The molecular weight excluding hydrogens is 394 g/mol. The second-order valence-electron chi connectivity index (χ2n) is 7.38. The van der Waals surface area contributed by atoms with Crippen LogP contribution >= 0.6 is 0 Å². The van der Waals surface area contributed by atoms with Crippen LogP contribution in [0.15, 0.2) is 41.3 Å². The largest absolute Gasteiger partial charge is 0.477 e. The van der Waals surface area contributed by atoms with Gasteiger partial charge in [0.1, 0.15) is 5.56 Å². The molecule has 0 spiro atoms. The van der Waals surface area contributed by atoms with Gasteiger partial charge in [0.05, 0.1) is 23.0 Å². The first kappa shape index (κ1) is 19.8. The Hall–Kier alpha value is -3.55. The normalized spacial score (nSPS) is 13.4. The summed E-state index contributed by atoms with van der Waals surface area (Å²) in [6.07, 6.45) is 2.51. The number of hydrogen-bond acceptors (Lipinski definition) is 3. The Labute approximate surface area is 169 Å². The molecule has 1 aliphatic carbocycles. The first-order valence-electron chi connectivity index (χ1n) is 9.43. The number of carboxylic acid groups (broad SMARTS) is 1. The van der Waals surface area contributed by atoms with E-state index in [4.69, 9.17) is 0 Å². The number of nitrogens with one attached hydrogen (secondary N) is 1. The molecule has 0 unspecified atom stereocenters. The highest BCUT2D eigenvalue weighted by Crippen LogP contribution is 2.40. The molecule has 154 valence electrons. The van der Waals surface area contributed by atoms with Gasteiger partial charge in [-0.05, 0) is 25.3 Å². The van der Waals surface area contributed by atoms with Crippen LogP contribution in [0.3, 0.4) is 0 Å². The van der Waals surface area contributed by atoms with E-state index in [1.54, 1.807) is 30.3 Å². The predicted octanol–water partition coefficient (Wildman–Crippen LogP) is 3.80.